The van der Waals surface area contributed by atoms with Crippen LogP contribution in [0.15, 0.2) is 11.1 Å². The third kappa shape index (κ3) is 4.60. The molecule has 3 aliphatic rings. The van der Waals surface area contributed by atoms with Gasteiger partial charge in [-0.3, -0.25) is 4.79 Å². The lowest BCUT2D eigenvalue weighted by atomic mass is 9.92. The highest BCUT2D eigenvalue weighted by Crippen LogP contribution is 2.33. The highest BCUT2D eigenvalue weighted by Gasteiger charge is 2.33. The van der Waals surface area contributed by atoms with Gasteiger partial charge in [0.05, 0.1) is 24.4 Å². The molecule has 10 heteroatoms. The van der Waals surface area contributed by atoms with Gasteiger partial charge in [-0.1, -0.05) is 0 Å². The lowest BCUT2D eigenvalue weighted by Crippen LogP contribution is -2.45. The number of carbonyl (C=O) groups excluding carboxylic acids is 1. The number of piperazine rings is 1. The number of hydrogen-bond acceptors (Lipinski definition) is 8. The largest absolute Gasteiger partial charge is 0.381 e. The average Bonchev–Trinajstić information content (AvgIpc) is 3.28. The van der Waals surface area contributed by atoms with Crippen LogP contribution in [-0.2, 0) is 19.4 Å². The zero-order valence-corrected chi connectivity index (χ0v) is 18.6. The molecular formula is C20H31N5O4S. The fourth-order valence-corrected chi connectivity index (χ4v) is 5.31. The quantitative estimate of drug-likeness (QED) is 0.667. The molecule has 0 bridgehead atoms. The van der Waals surface area contributed by atoms with Crippen LogP contribution < -0.4 is 4.90 Å². The van der Waals surface area contributed by atoms with Crippen molar-refractivity contribution in [2.24, 2.45) is 5.92 Å². The molecule has 1 atom stereocenters. The van der Waals surface area contributed by atoms with Gasteiger partial charge in [0, 0.05) is 58.0 Å². The van der Waals surface area contributed by atoms with Crippen LogP contribution in [0, 0.1) is 5.92 Å². The molecule has 3 fully saturated rings. The van der Waals surface area contributed by atoms with Crippen molar-refractivity contribution < 1.29 is 17.9 Å². The zero-order valence-electron chi connectivity index (χ0n) is 17.8. The lowest BCUT2D eigenvalue weighted by Gasteiger charge is -2.35. The van der Waals surface area contributed by atoms with Crippen molar-refractivity contribution in [3.63, 3.8) is 0 Å². The van der Waals surface area contributed by atoms with E-state index < -0.39 is 9.84 Å². The van der Waals surface area contributed by atoms with Gasteiger partial charge in [0.2, 0.25) is 11.9 Å². The number of likely N-dealkylation sites (tertiary alicyclic amines) is 1. The van der Waals surface area contributed by atoms with Gasteiger partial charge in [-0.2, -0.15) is 0 Å². The summed E-state index contributed by atoms with van der Waals surface area (Å²) in [7, 11) is -1.34. The molecule has 0 aliphatic carbocycles. The van der Waals surface area contributed by atoms with Crippen molar-refractivity contribution in [1.29, 1.82) is 0 Å². The van der Waals surface area contributed by atoms with Crippen molar-refractivity contribution in [3.8, 4) is 0 Å². The first-order valence-corrected chi connectivity index (χ1v) is 12.6. The minimum Gasteiger partial charge on any atom is -0.381 e. The highest BCUT2D eigenvalue weighted by atomic mass is 32.2. The van der Waals surface area contributed by atoms with Crippen LogP contribution in [0.5, 0.6) is 0 Å². The Labute approximate surface area is 178 Å². The first-order chi connectivity index (χ1) is 14.3. The Morgan fingerprint density at radius 1 is 1.10 bits per heavy atom. The van der Waals surface area contributed by atoms with Gasteiger partial charge in [-0.15, -0.1) is 0 Å². The van der Waals surface area contributed by atoms with E-state index >= 15 is 0 Å². The van der Waals surface area contributed by atoms with Crippen LogP contribution in [0.1, 0.15) is 30.9 Å². The third-order valence-electron chi connectivity index (χ3n) is 6.43. The molecule has 9 nitrogen and oxygen atoms in total. The number of amides is 1. The maximum atomic E-state index is 12.7. The van der Waals surface area contributed by atoms with Crippen LogP contribution in [0.2, 0.25) is 0 Å². The molecule has 4 heterocycles. The van der Waals surface area contributed by atoms with Gasteiger partial charge >= 0.3 is 0 Å². The Kier molecular flexibility index (Phi) is 6.26. The topological polar surface area (TPSA) is 95.9 Å². The summed E-state index contributed by atoms with van der Waals surface area (Å²) in [6, 6.07) is 0. The average molecular weight is 438 g/mol. The second-order valence-electron chi connectivity index (χ2n) is 8.64. The molecule has 0 spiro atoms. The van der Waals surface area contributed by atoms with Gasteiger partial charge in [-0.05, 0) is 26.3 Å². The van der Waals surface area contributed by atoms with E-state index in [1.807, 2.05) is 4.90 Å². The normalized spacial score (nSPS) is 24.4. The fraction of sp³-hybridized carbons (Fsp3) is 0.750. The number of likely N-dealkylation sites (N-methyl/N-ethyl adjacent to an activating group) is 1. The molecule has 1 aromatic rings. The number of aromatic nitrogens is 2. The summed E-state index contributed by atoms with van der Waals surface area (Å²) < 4.78 is 30.1. The number of nitrogens with zero attached hydrogens (tertiary/aromatic N) is 5. The highest BCUT2D eigenvalue weighted by molar-refractivity contribution is 7.90. The summed E-state index contributed by atoms with van der Waals surface area (Å²) in [5.74, 6) is 0.742. The molecule has 0 aromatic carbocycles. The summed E-state index contributed by atoms with van der Waals surface area (Å²) in [6.07, 6.45) is 4.89. The Balaban J connectivity index is 1.52. The number of ether oxygens (including phenoxy) is 1. The predicted octanol–water partition coefficient (Wildman–Crippen LogP) is 0.374. The second kappa shape index (κ2) is 8.76. The van der Waals surface area contributed by atoms with Crippen molar-refractivity contribution in [2.45, 2.75) is 30.1 Å². The third-order valence-corrected chi connectivity index (χ3v) is 7.54. The Bertz CT molecular complexity index is 871. The standard InChI is InChI=1S/C20H31N5O4S/c1-23-8-10-25(11-9-23)20-21-13-17(30(2,27)28)18(22-20)15-3-6-24(7-4-15)19(26)16-5-12-29-14-16/h13,15-16H,3-12,14H2,1-2H3. The first kappa shape index (κ1) is 21.5. The summed E-state index contributed by atoms with van der Waals surface area (Å²) >= 11 is 0. The van der Waals surface area contributed by atoms with E-state index in [0.29, 0.717) is 50.8 Å². The van der Waals surface area contributed by atoms with Crippen LogP contribution in [-0.4, -0.2) is 99.9 Å². The fourth-order valence-electron chi connectivity index (χ4n) is 4.47. The summed E-state index contributed by atoms with van der Waals surface area (Å²) in [6.45, 7) is 5.91. The molecule has 4 rings (SSSR count). The minimum atomic E-state index is -3.43. The molecule has 166 valence electrons. The van der Waals surface area contributed by atoms with E-state index in [1.165, 1.54) is 12.5 Å². The van der Waals surface area contributed by atoms with E-state index in [0.717, 1.165) is 32.6 Å². The number of hydrogen-bond donors (Lipinski definition) is 0. The van der Waals surface area contributed by atoms with Gasteiger partial charge in [0.1, 0.15) is 4.90 Å². The summed E-state index contributed by atoms with van der Waals surface area (Å²) in [5.41, 5.74) is 0.609. The van der Waals surface area contributed by atoms with Crippen LogP contribution in [0.3, 0.4) is 0 Å². The molecule has 3 aliphatic heterocycles. The summed E-state index contributed by atoms with van der Waals surface area (Å²) in [4.78, 5) is 28.3. The van der Waals surface area contributed by atoms with Crippen molar-refractivity contribution in [2.75, 3.05) is 70.7 Å². The maximum absolute atomic E-state index is 12.7. The first-order valence-electron chi connectivity index (χ1n) is 10.7. The Hall–Kier alpha value is -1.78. The van der Waals surface area contributed by atoms with E-state index in [1.54, 1.807) is 0 Å². The minimum absolute atomic E-state index is 0.00724. The molecular weight excluding hydrogens is 406 g/mol. The SMILES string of the molecule is CN1CCN(c2ncc(S(C)(=O)=O)c(C3CCN(C(=O)C4CCOC4)CC3)n2)CC1. The number of sulfone groups is 1. The number of anilines is 1. The van der Waals surface area contributed by atoms with Gasteiger partial charge in [0.15, 0.2) is 9.84 Å². The van der Waals surface area contributed by atoms with Crippen molar-refractivity contribution >= 4 is 21.7 Å². The second-order valence-corrected chi connectivity index (χ2v) is 10.6. The van der Waals surface area contributed by atoms with Crippen LogP contribution in [0.4, 0.5) is 5.95 Å². The molecule has 0 saturated carbocycles. The lowest BCUT2D eigenvalue weighted by molar-refractivity contribution is -0.136. The predicted molar refractivity (Wildman–Crippen MR) is 112 cm³/mol. The van der Waals surface area contributed by atoms with Crippen LogP contribution >= 0.6 is 0 Å². The van der Waals surface area contributed by atoms with E-state index in [9.17, 15) is 13.2 Å². The number of piperidine rings is 1. The van der Waals surface area contributed by atoms with E-state index in [4.69, 9.17) is 9.72 Å². The molecule has 1 aromatic heterocycles. The van der Waals surface area contributed by atoms with Crippen molar-refractivity contribution in [3.05, 3.63) is 11.9 Å². The van der Waals surface area contributed by atoms with Crippen LogP contribution in [0.25, 0.3) is 0 Å². The molecule has 1 unspecified atom stereocenters. The molecule has 3 saturated heterocycles. The smallest absolute Gasteiger partial charge is 0.228 e. The Morgan fingerprint density at radius 2 is 1.80 bits per heavy atom. The Morgan fingerprint density at radius 3 is 2.40 bits per heavy atom. The zero-order chi connectivity index (χ0) is 21.3. The summed E-state index contributed by atoms with van der Waals surface area (Å²) in [5, 5.41) is 0. The molecule has 30 heavy (non-hydrogen) atoms. The van der Waals surface area contributed by atoms with E-state index in [2.05, 4.69) is 21.8 Å². The number of carbonyl (C=O) groups is 1. The number of rotatable bonds is 4. The van der Waals surface area contributed by atoms with Crippen molar-refractivity contribution in [1.82, 2.24) is 19.8 Å². The van der Waals surface area contributed by atoms with Gasteiger partial charge < -0.3 is 19.4 Å². The van der Waals surface area contributed by atoms with E-state index in [-0.39, 0.29) is 22.6 Å². The monoisotopic (exact) mass is 437 g/mol. The van der Waals surface area contributed by atoms with Gasteiger partial charge in [-0.25, -0.2) is 18.4 Å². The molecule has 1 amide bonds. The molecule has 0 N–H and O–H groups in total. The van der Waals surface area contributed by atoms with Gasteiger partial charge in [0.25, 0.3) is 0 Å². The maximum Gasteiger partial charge on any atom is 0.228 e. The molecule has 0 radical (unpaired) electrons.